The van der Waals surface area contributed by atoms with Crippen LogP contribution < -0.4 is 0 Å². The molecule has 0 aromatic carbocycles. The van der Waals surface area contributed by atoms with Crippen LogP contribution in [0.15, 0.2) is 0 Å². The summed E-state index contributed by atoms with van der Waals surface area (Å²) in [7, 11) is 0. The van der Waals surface area contributed by atoms with E-state index in [9.17, 15) is 4.79 Å². The van der Waals surface area contributed by atoms with E-state index in [-0.39, 0.29) is 6.10 Å². The second-order valence-electron chi connectivity index (χ2n) is 5.11. The minimum Gasteiger partial charge on any atom is -0.465 e. The Morgan fingerprint density at radius 2 is 2.00 bits per heavy atom. The molecule has 0 amide bonds. The van der Waals surface area contributed by atoms with Crippen LogP contribution in [0.1, 0.15) is 46.5 Å². The zero-order valence-corrected chi connectivity index (χ0v) is 8.88. The molecule has 0 saturated heterocycles. The average molecular weight is 184 g/mol. The molecule has 0 radical (unpaired) electrons. The topological polar surface area (TPSA) is 26.3 Å². The molecule has 2 unspecified atom stereocenters. The first-order valence-corrected chi connectivity index (χ1v) is 5.12. The van der Waals surface area contributed by atoms with Gasteiger partial charge in [0.15, 0.2) is 0 Å². The van der Waals surface area contributed by atoms with Crippen molar-refractivity contribution >= 4 is 6.47 Å². The standard InChI is InChI=1S/C11H20O2/c1-9-4-5-10(13-8-12)7-11(2,3)6-9/h8-10H,4-7H2,1-3H3. The SMILES string of the molecule is CC1CCC(OC=O)CC(C)(C)C1. The maximum absolute atomic E-state index is 10.3. The summed E-state index contributed by atoms with van der Waals surface area (Å²) < 4.78 is 5.07. The normalized spacial score (nSPS) is 33.5. The quantitative estimate of drug-likeness (QED) is 0.487. The summed E-state index contributed by atoms with van der Waals surface area (Å²) in [6.45, 7) is 7.40. The molecule has 2 nitrogen and oxygen atoms in total. The molecule has 0 heterocycles. The van der Waals surface area contributed by atoms with Gasteiger partial charge in [0.05, 0.1) is 0 Å². The van der Waals surface area contributed by atoms with E-state index >= 15 is 0 Å². The lowest BCUT2D eigenvalue weighted by atomic mass is 9.81. The van der Waals surface area contributed by atoms with Gasteiger partial charge in [0.2, 0.25) is 0 Å². The van der Waals surface area contributed by atoms with E-state index in [0.29, 0.717) is 11.9 Å². The van der Waals surface area contributed by atoms with E-state index in [1.54, 1.807) is 0 Å². The molecule has 0 aromatic rings. The molecule has 0 N–H and O–H groups in total. The molecule has 2 atom stereocenters. The molecular weight excluding hydrogens is 164 g/mol. The number of ether oxygens (including phenoxy) is 1. The Morgan fingerprint density at radius 1 is 1.31 bits per heavy atom. The fourth-order valence-corrected chi connectivity index (χ4v) is 2.51. The maximum Gasteiger partial charge on any atom is 0.293 e. The van der Waals surface area contributed by atoms with E-state index in [1.807, 2.05) is 0 Å². The van der Waals surface area contributed by atoms with Crippen LogP contribution in [0, 0.1) is 11.3 Å². The molecule has 0 aromatic heterocycles. The van der Waals surface area contributed by atoms with Crippen molar-refractivity contribution in [3.8, 4) is 0 Å². The first kappa shape index (κ1) is 10.6. The predicted molar refractivity (Wildman–Crippen MR) is 52.4 cm³/mol. The largest absolute Gasteiger partial charge is 0.465 e. The number of rotatable bonds is 2. The smallest absolute Gasteiger partial charge is 0.293 e. The van der Waals surface area contributed by atoms with Crippen LogP contribution in [0.4, 0.5) is 0 Å². The molecule has 1 fully saturated rings. The number of carbonyl (C=O) groups is 1. The third-order valence-electron chi connectivity index (χ3n) is 2.91. The van der Waals surface area contributed by atoms with Crippen molar-refractivity contribution in [3.63, 3.8) is 0 Å². The Kier molecular flexibility index (Phi) is 3.34. The molecule has 1 aliphatic carbocycles. The van der Waals surface area contributed by atoms with Crippen molar-refractivity contribution in [3.05, 3.63) is 0 Å². The van der Waals surface area contributed by atoms with Crippen LogP contribution >= 0.6 is 0 Å². The van der Waals surface area contributed by atoms with Gasteiger partial charge in [-0.3, -0.25) is 4.79 Å². The fourth-order valence-electron chi connectivity index (χ4n) is 2.51. The molecule has 13 heavy (non-hydrogen) atoms. The van der Waals surface area contributed by atoms with Crippen molar-refractivity contribution in [2.45, 2.75) is 52.6 Å². The van der Waals surface area contributed by atoms with Crippen LogP contribution in [-0.2, 0) is 9.53 Å². The molecule has 0 spiro atoms. The van der Waals surface area contributed by atoms with Gasteiger partial charge in [-0.25, -0.2) is 0 Å². The number of carbonyl (C=O) groups excluding carboxylic acids is 1. The summed E-state index contributed by atoms with van der Waals surface area (Å²) in [6.07, 6.45) is 4.62. The van der Waals surface area contributed by atoms with Gasteiger partial charge in [-0.2, -0.15) is 0 Å². The second kappa shape index (κ2) is 4.12. The maximum atomic E-state index is 10.3. The lowest BCUT2D eigenvalue weighted by Gasteiger charge is -2.26. The molecule has 1 aliphatic rings. The molecular formula is C11H20O2. The average Bonchev–Trinajstić information content (AvgIpc) is 2.09. The third-order valence-corrected chi connectivity index (χ3v) is 2.91. The molecule has 76 valence electrons. The van der Waals surface area contributed by atoms with Crippen LogP contribution in [0.5, 0.6) is 0 Å². The van der Waals surface area contributed by atoms with Gasteiger partial charge in [0, 0.05) is 0 Å². The molecule has 2 heteroatoms. The minimum atomic E-state index is 0.150. The molecule has 1 saturated carbocycles. The zero-order chi connectivity index (χ0) is 9.90. The second-order valence-corrected chi connectivity index (χ2v) is 5.11. The first-order chi connectivity index (χ1) is 6.03. The first-order valence-electron chi connectivity index (χ1n) is 5.12. The highest BCUT2D eigenvalue weighted by Crippen LogP contribution is 2.37. The summed E-state index contributed by atoms with van der Waals surface area (Å²) in [6, 6.07) is 0. The van der Waals surface area contributed by atoms with E-state index < -0.39 is 0 Å². The number of hydrogen-bond donors (Lipinski definition) is 0. The highest BCUT2D eigenvalue weighted by atomic mass is 16.5. The van der Waals surface area contributed by atoms with E-state index in [1.165, 1.54) is 12.8 Å². The lowest BCUT2D eigenvalue weighted by molar-refractivity contribution is -0.134. The van der Waals surface area contributed by atoms with Gasteiger partial charge in [-0.1, -0.05) is 20.8 Å². The Morgan fingerprint density at radius 3 is 2.62 bits per heavy atom. The lowest BCUT2D eigenvalue weighted by Crippen LogP contribution is -2.20. The van der Waals surface area contributed by atoms with Crippen LogP contribution in [-0.4, -0.2) is 12.6 Å². The summed E-state index contributed by atoms with van der Waals surface area (Å²) in [5, 5.41) is 0. The van der Waals surface area contributed by atoms with E-state index in [0.717, 1.165) is 18.8 Å². The van der Waals surface area contributed by atoms with Crippen LogP contribution in [0.25, 0.3) is 0 Å². The monoisotopic (exact) mass is 184 g/mol. The Labute approximate surface area is 80.7 Å². The van der Waals surface area contributed by atoms with Gasteiger partial charge in [0.25, 0.3) is 6.47 Å². The van der Waals surface area contributed by atoms with Gasteiger partial charge in [-0.05, 0) is 37.0 Å². The van der Waals surface area contributed by atoms with Gasteiger partial charge < -0.3 is 4.74 Å². The van der Waals surface area contributed by atoms with Crippen molar-refractivity contribution < 1.29 is 9.53 Å². The third kappa shape index (κ3) is 3.37. The van der Waals surface area contributed by atoms with Crippen molar-refractivity contribution in [2.75, 3.05) is 0 Å². The highest BCUT2D eigenvalue weighted by molar-refractivity contribution is 5.37. The number of hydrogen-bond acceptors (Lipinski definition) is 2. The van der Waals surface area contributed by atoms with Gasteiger partial charge in [-0.15, -0.1) is 0 Å². The van der Waals surface area contributed by atoms with Gasteiger partial charge in [0.1, 0.15) is 6.10 Å². The zero-order valence-electron chi connectivity index (χ0n) is 8.88. The van der Waals surface area contributed by atoms with Crippen molar-refractivity contribution in [1.82, 2.24) is 0 Å². The summed E-state index contributed by atoms with van der Waals surface area (Å²) in [5.41, 5.74) is 0.323. The molecule has 1 rings (SSSR count). The molecule has 0 bridgehead atoms. The summed E-state index contributed by atoms with van der Waals surface area (Å²) in [5.74, 6) is 0.759. The molecule has 0 aliphatic heterocycles. The summed E-state index contributed by atoms with van der Waals surface area (Å²) >= 11 is 0. The van der Waals surface area contributed by atoms with Crippen molar-refractivity contribution in [1.29, 1.82) is 0 Å². The Hall–Kier alpha value is -0.530. The van der Waals surface area contributed by atoms with E-state index in [2.05, 4.69) is 20.8 Å². The Bertz CT molecular complexity index is 175. The van der Waals surface area contributed by atoms with Crippen LogP contribution in [0.3, 0.4) is 0 Å². The predicted octanol–water partition coefficient (Wildman–Crippen LogP) is 2.76. The van der Waals surface area contributed by atoms with Crippen LogP contribution in [0.2, 0.25) is 0 Å². The Balaban J connectivity index is 2.56. The minimum absolute atomic E-state index is 0.150. The fraction of sp³-hybridized carbons (Fsp3) is 0.909. The highest BCUT2D eigenvalue weighted by Gasteiger charge is 2.29. The van der Waals surface area contributed by atoms with Crippen molar-refractivity contribution in [2.24, 2.45) is 11.3 Å². The van der Waals surface area contributed by atoms with Gasteiger partial charge >= 0.3 is 0 Å². The van der Waals surface area contributed by atoms with E-state index in [4.69, 9.17) is 4.74 Å². The summed E-state index contributed by atoms with van der Waals surface area (Å²) in [4.78, 5) is 10.3.